The largest absolute Gasteiger partial charge is 0.480 e. The number of hydrogen-bond acceptors (Lipinski definition) is 9. The van der Waals surface area contributed by atoms with Gasteiger partial charge in [0, 0.05) is 0 Å². The fraction of sp³-hybridized carbons (Fsp3) is 0.955. The molecule has 0 spiro atoms. The van der Waals surface area contributed by atoms with E-state index in [0.717, 1.165) is 25.7 Å². The lowest BCUT2D eigenvalue weighted by Gasteiger charge is -2.51. The molecule has 1 fully saturated rings. The highest BCUT2D eigenvalue weighted by Crippen LogP contribution is 2.44. The molecule has 11 nitrogen and oxygen atoms in total. The lowest BCUT2D eigenvalue weighted by atomic mass is 9.81. The van der Waals surface area contributed by atoms with Gasteiger partial charge >= 0.3 is 5.97 Å². The number of carbonyl (C=O) groups is 1. The van der Waals surface area contributed by atoms with E-state index in [4.69, 9.17) is 4.74 Å². The Kier molecular flexibility index (Phi) is 12.9. The number of carboxylic acid groups (broad SMARTS) is 1. The predicted molar refractivity (Wildman–Crippen MR) is 123 cm³/mol. The molecule has 0 amide bonds. The second-order valence-electron chi connectivity index (χ2n) is 9.21. The van der Waals surface area contributed by atoms with Crippen LogP contribution in [-0.4, -0.2) is 91.1 Å². The maximum atomic E-state index is 12.3. The van der Waals surface area contributed by atoms with Crippen molar-refractivity contribution in [3.63, 3.8) is 0 Å². The second-order valence-corrected chi connectivity index (χ2v) is 10.9. The zero-order chi connectivity index (χ0) is 26.0. The summed E-state index contributed by atoms with van der Waals surface area (Å²) >= 11 is 0. The summed E-state index contributed by atoms with van der Waals surface area (Å²) in [6.45, 7) is 1.15. The third-order valence-corrected chi connectivity index (χ3v) is 8.26. The molecule has 1 aliphatic rings. The molecule has 0 saturated carbocycles. The van der Waals surface area contributed by atoms with Crippen LogP contribution in [0, 0.1) is 0 Å². The lowest BCUT2D eigenvalue weighted by Crippen LogP contribution is -2.77. The summed E-state index contributed by atoms with van der Waals surface area (Å²) < 4.78 is 35.9. The molecule has 12 heteroatoms. The average molecular weight is 515 g/mol. The van der Waals surface area contributed by atoms with Crippen molar-refractivity contribution in [1.82, 2.24) is 0 Å². The lowest BCUT2D eigenvalue weighted by molar-refractivity contribution is -0.360. The Morgan fingerprint density at radius 3 is 1.71 bits per heavy atom. The maximum absolute atomic E-state index is 12.3. The number of hydrogen-bond donors (Lipinski definition) is 7. The fourth-order valence-corrected chi connectivity index (χ4v) is 5.73. The Labute approximate surface area is 201 Å². The van der Waals surface area contributed by atoms with Gasteiger partial charge in [0.05, 0.1) is 6.61 Å². The summed E-state index contributed by atoms with van der Waals surface area (Å²) in [5.74, 6) is -5.73. The average Bonchev–Trinajstić information content (AvgIpc) is 2.77. The van der Waals surface area contributed by atoms with Crippen molar-refractivity contribution in [3.05, 3.63) is 0 Å². The highest BCUT2D eigenvalue weighted by Gasteiger charge is 2.72. The molecule has 1 heterocycles. The van der Waals surface area contributed by atoms with Crippen LogP contribution in [0.25, 0.3) is 0 Å². The Bertz CT molecular complexity index is 714. The van der Waals surface area contributed by atoms with Crippen molar-refractivity contribution in [2.75, 3.05) is 6.61 Å². The van der Waals surface area contributed by atoms with E-state index in [-0.39, 0.29) is 6.42 Å². The van der Waals surface area contributed by atoms with Crippen molar-refractivity contribution in [2.24, 2.45) is 0 Å². The molecule has 0 radical (unpaired) electrons. The summed E-state index contributed by atoms with van der Waals surface area (Å²) in [6, 6.07) is 0. The molecular formula is C22H42O11S. The van der Waals surface area contributed by atoms with Crippen molar-refractivity contribution in [3.8, 4) is 0 Å². The Hall–Kier alpha value is -0.860. The first-order valence-corrected chi connectivity index (χ1v) is 13.6. The molecular weight excluding hydrogens is 472 g/mol. The highest BCUT2D eigenvalue weighted by atomic mass is 32.2. The number of ether oxygens (including phenoxy) is 1. The van der Waals surface area contributed by atoms with E-state index in [0.29, 0.717) is 12.8 Å². The zero-order valence-electron chi connectivity index (χ0n) is 19.9. The molecule has 0 aliphatic carbocycles. The minimum Gasteiger partial charge on any atom is -0.480 e. The summed E-state index contributed by atoms with van der Waals surface area (Å²) in [6.07, 6.45) is 1.75. The molecule has 0 aromatic rings. The Morgan fingerprint density at radius 2 is 1.32 bits per heavy atom. The van der Waals surface area contributed by atoms with Crippen molar-refractivity contribution < 1.29 is 53.1 Å². The molecule has 202 valence electrons. The minimum absolute atomic E-state index is 0.0516. The molecule has 1 aliphatic heterocycles. The molecule has 34 heavy (non-hydrogen) atoms. The van der Waals surface area contributed by atoms with Gasteiger partial charge in [0.1, 0.15) is 24.4 Å². The van der Waals surface area contributed by atoms with Crippen LogP contribution in [0.4, 0.5) is 0 Å². The molecule has 0 aromatic carbocycles. The van der Waals surface area contributed by atoms with Gasteiger partial charge in [-0.15, -0.1) is 0 Å². The third kappa shape index (κ3) is 7.10. The monoisotopic (exact) mass is 514 g/mol. The summed E-state index contributed by atoms with van der Waals surface area (Å²) in [5, 5.41) is 60.3. The SMILES string of the molecule is CCCCCCCCCCCCCCC(C(=O)O)(C1(O)O[C@H](CO)[C@@H](O)[C@H](O)[C@H]1O)S(=O)(=O)O. The zero-order valence-corrected chi connectivity index (χ0v) is 20.7. The number of unbranched alkanes of at least 4 members (excludes halogenated alkanes) is 11. The van der Waals surface area contributed by atoms with Crippen molar-refractivity contribution in [2.45, 2.75) is 125 Å². The van der Waals surface area contributed by atoms with Crippen molar-refractivity contribution >= 4 is 16.1 Å². The van der Waals surface area contributed by atoms with Gasteiger partial charge in [-0.1, -0.05) is 84.0 Å². The van der Waals surface area contributed by atoms with Crippen LogP contribution in [-0.2, 0) is 19.6 Å². The van der Waals surface area contributed by atoms with Crippen LogP contribution in [0.3, 0.4) is 0 Å². The van der Waals surface area contributed by atoms with E-state index in [9.17, 15) is 48.4 Å². The van der Waals surface area contributed by atoms with Crippen LogP contribution >= 0.6 is 0 Å². The minimum atomic E-state index is -5.61. The normalized spacial score (nSPS) is 29.6. The van der Waals surface area contributed by atoms with Crippen LogP contribution in [0.5, 0.6) is 0 Å². The maximum Gasteiger partial charge on any atom is 0.333 e. The first kappa shape index (κ1) is 31.2. The standard InChI is InChI=1S/C22H42O11S/c1-2-3-4-5-6-7-8-9-10-11-12-13-14-21(20(27)28,34(30,31)32)22(29)19(26)18(25)17(24)16(15-23)33-22/h16-19,23-26,29H,2-15H2,1H3,(H,27,28)(H,30,31,32)/t16-,17-,18+,19-,21?,22?/m1/s1. The van der Waals surface area contributed by atoms with E-state index in [2.05, 4.69) is 6.92 Å². The van der Waals surface area contributed by atoms with Gasteiger partial charge in [-0.2, -0.15) is 8.42 Å². The fourth-order valence-electron chi connectivity index (χ4n) is 4.57. The van der Waals surface area contributed by atoms with Gasteiger partial charge in [-0.05, 0) is 6.42 Å². The Morgan fingerprint density at radius 1 is 0.882 bits per heavy atom. The third-order valence-electron chi connectivity index (χ3n) is 6.71. The molecule has 0 bridgehead atoms. The number of carboxylic acids is 1. The predicted octanol–water partition coefficient (Wildman–Crippen LogP) is 0.951. The number of aliphatic hydroxyl groups is 5. The van der Waals surface area contributed by atoms with Crippen LogP contribution < -0.4 is 0 Å². The molecule has 1 rings (SSSR count). The molecule has 7 N–H and O–H groups in total. The van der Waals surface area contributed by atoms with E-state index in [1.807, 2.05) is 0 Å². The molecule has 0 aromatic heterocycles. The van der Waals surface area contributed by atoms with Gasteiger partial charge in [0.25, 0.3) is 10.1 Å². The smallest absolute Gasteiger partial charge is 0.333 e. The van der Waals surface area contributed by atoms with Gasteiger partial charge < -0.3 is 35.4 Å². The van der Waals surface area contributed by atoms with Gasteiger partial charge in [0.15, 0.2) is 0 Å². The van der Waals surface area contributed by atoms with Gasteiger partial charge in [0.2, 0.25) is 10.5 Å². The second kappa shape index (κ2) is 14.0. The van der Waals surface area contributed by atoms with Crippen LogP contribution in [0.2, 0.25) is 0 Å². The first-order chi connectivity index (χ1) is 15.9. The number of aliphatic hydroxyl groups excluding tert-OH is 4. The van der Waals surface area contributed by atoms with E-state index < -0.39 is 64.1 Å². The van der Waals surface area contributed by atoms with Gasteiger partial charge in [-0.3, -0.25) is 9.35 Å². The van der Waals surface area contributed by atoms with E-state index in [1.165, 1.54) is 32.1 Å². The quantitative estimate of drug-likeness (QED) is 0.108. The number of aliphatic carboxylic acids is 1. The van der Waals surface area contributed by atoms with Crippen LogP contribution in [0.1, 0.15) is 90.4 Å². The summed E-state index contributed by atoms with van der Waals surface area (Å²) in [5.41, 5.74) is 0. The Balaban J connectivity index is 2.78. The molecule has 2 unspecified atom stereocenters. The summed E-state index contributed by atoms with van der Waals surface area (Å²) in [7, 11) is -5.61. The van der Waals surface area contributed by atoms with Crippen molar-refractivity contribution in [1.29, 1.82) is 0 Å². The molecule has 1 saturated heterocycles. The summed E-state index contributed by atoms with van der Waals surface area (Å²) in [4.78, 5) is 12.1. The van der Waals surface area contributed by atoms with Gasteiger partial charge in [-0.25, -0.2) is 0 Å². The van der Waals surface area contributed by atoms with Crippen LogP contribution in [0.15, 0.2) is 0 Å². The molecule has 6 atom stereocenters. The number of rotatable bonds is 17. The topological polar surface area (TPSA) is 202 Å². The first-order valence-electron chi connectivity index (χ1n) is 12.2. The van der Waals surface area contributed by atoms with E-state index >= 15 is 0 Å². The van der Waals surface area contributed by atoms with E-state index in [1.54, 1.807) is 0 Å². The highest BCUT2D eigenvalue weighted by molar-refractivity contribution is 7.88.